The summed E-state index contributed by atoms with van der Waals surface area (Å²) in [5.41, 5.74) is 0.685. The first-order chi connectivity index (χ1) is 9.10. The Morgan fingerprint density at radius 2 is 2.37 bits per heavy atom. The maximum absolute atomic E-state index is 11.8. The summed E-state index contributed by atoms with van der Waals surface area (Å²) in [6.45, 7) is 3.97. The van der Waals surface area contributed by atoms with Crippen molar-refractivity contribution < 1.29 is 9.90 Å². The second-order valence-corrected chi connectivity index (χ2v) is 4.92. The second kappa shape index (κ2) is 5.86. The van der Waals surface area contributed by atoms with Gasteiger partial charge < -0.3 is 10.0 Å². The molecule has 0 aliphatic carbocycles. The predicted octanol–water partition coefficient (Wildman–Crippen LogP) is 0.954. The molecule has 0 saturated carbocycles. The molecule has 6 heteroatoms. The molecule has 1 fully saturated rings. The molecule has 1 atom stereocenters. The Balaban J connectivity index is 2.10. The lowest BCUT2D eigenvalue weighted by atomic mass is 9.94. The number of rotatable bonds is 4. The van der Waals surface area contributed by atoms with Crippen molar-refractivity contribution in [2.45, 2.75) is 32.7 Å². The fourth-order valence-electron chi connectivity index (χ4n) is 2.55. The van der Waals surface area contributed by atoms with Crippen LogP contribution in [0.4, 0.5) is 5.69 Å². The van der Waals surface area contributed by atoms with Gasteiger partial charge in [0, 0.05) is 32.1 Å². The van der Waals surface area contributed by atoms with Crippen LogP contribution in [0.2, 0.25) is 0 Å². The van der Waals surface area contributed by atoms with Gasteiger partial charge in [0.25, 0.3) is 5.56 Å². The first-order valence-corrected chi connectivity index (χ1v) is 6.64. The second-order valence-electron chi connectivity index (χ2n) is 4.92. The van der Waals surface area contributed by atoms with Crippen LogP contribution in [0.15, 0.2) is 17.1 Å². The lowest BCUT2D eigenvalue weighted by Crippen LogP contribution is -2.37. The summed E-state index contributed by atoms with van der Waals surface area (Å²) in [6, 6.07) is 1.58. The Labute approximate surface area is 111 Å². The van der Waals surface area contributed by atoms with E-state index in [0.29, 0.717) is 13.1 Å². The number of nitrogens with zero attached hydrogens (tertiary/aromatic N) is 3. The van der Waals surface area contributed by atoms with Gasteiger partial charge in [0.05, 0.1) is 11.9 Å². The summed E-state index contributed by atoms with van der Waals surface area (Å²) in [5, 5.41) is 13.0. The summed E-state index contributed by atoms with van der Waals surface area (Å²) < 4.78 is 1.40. The van der Waals surface area contributed by atoms with Crippen molar-refractivity contribution in [2.75, 3.05) is 18.0 Å². The molecule has 0 radical (unpaired) electrons. The summed E-state index contributed by atoms with van der Waals surface area (Å²) in [6.07, 6.45) is 3.76. The van der Waals surface area contributed by atoms with Crippen LogP contribution in [-0.2, 0) is 11.3 Å². The van der Waals surface area contributed by atoms with Crippen molar-refractivity contribution in [3.05, 3.63) is 22.6 Å². The van der Waals surface area contributed by atoms with Crippen LogP contribution in [0.1, 0.15) is 26.2 Å². The van der Waals surface area contributed by atoms with Crippen molar-refractivity contribution in [2.24, 2.45) is 5.92 Å². The van der Waals surface area contributed by atoms with Gasteiger partial charge in [-0.05, 0) is 25.7 Å². The van der Waals surface area contributed by atoms with Gasteiger partial charge in [-0.1, -0.05) is 0 Å². The highest BCUT2D eigenvalue weighted by molar-refractivity contribution is 5.67. The highest BCUT2D eigenvalue weighted by Gasteiger charge is 2.22. The average Bonchev–Trinajstić information content (AvgIpc) is 2.38. The van der Waals surface area contributed by atoms with Gasteiger partial charge in [0.2, 0.25) is 0 Å². The van der Waals surface area contributed by atoms with Crippen LogP contribution < -0.4 is 10.5 Å². The minimum Gasteiger partial charge on any atom is -0.481 e. The van der Waals surface area contributed by atoms with E-state index in [4.69, 9.17) is 5.11 Å². The molecule has 1 aromatic heterocycles. The molecule has 2 rings (SSSR count). The number of hydrogen-bond acceptors (Lipinski definition) is 4. The van der Waals surface area contributed by atoms with Crippen molar-refractivity contribution in [3.8, 4) is 0 Å². The van der Waals surface area contributed by atoms with Crippen molar-refractivity contribution >= 4 is 11.7 Å². The number of aromatic nitrogens is 2. The maximum Gasteiger partial charge on any atom is 0.303 e. The first-order valence-electron chi connectivity index (χ1n) is 6.64. The monoisotopic (exact) mass is 265 g/mol. The average molecular weight is 265 g/mol. The molecule has 0 amide bonds. The molecule has 0 bridgehead atoms. The van der Waals surface area contributed by atoms with Crippen molar-refractivity contribution in [1.29, 1.82) is 0 Å². The SMILES string of the molecule is CCn1ncc(N2CCC[C@H](CC(=O)O)C2)cc1=O. The molecule has 1 saturated heterocycles. The zero-order valence-corrected chi connectivity index (χ0v) is 11.1. The lowest BCUT2D eigenvalue weighted by molar-refractivity contribution is -0.138. The molecule has 0 spiro atoms. The van der Waals surface area contributed by atoms with Gasteiger partial charge in [-0.3, -0.25) is 9.59 Å². The van der Waals surface area contributed by atoms with Gasteiger partial charge in [-0.25, -0.2) is 4.68 Å². The highest BCUT2D eigenvalue weighted by atomic mass is 16.4. The summed E-state index contributed by atoms with van der Waals surface area (Å²) in [5.74, 6) is -0.605. The van der Waals surface area contributed by atoms with Crippen molar-refractivity contribution in [1.82, 2.24) is 9.78 Å². The van der Waals surface area contributed by atoms with Gasteiger partial charge in [0.15, 0.2) is 0 Å². The van der Waals surface area contributed by atoms with Crippen LogP contribution in [0, 0.1) is 5.92 Å². The highest BCUT2D eigenvalue weighted by Crippen LogP contribution is 2.23. The zero-order chi connectivity index (χ0) is 13.8. The van der Waals surface area contributed by atoms with E-state index in [9.17, 15) is 9.59 Å². The first kappa shape index (κ1) is 13.6. The topological polar surface area (TPSA) is 75.4 Å². The molecule has 19 heavy (non-hydrogen) atoms. The van der Waals surface area contributed by atoms with Gasteiger partial charge >= 0.3 is 5.97 Å². The third kappa shape index (κ3) is 3.33. The number of carbonyl (C=O) groups is 1. The molecule has 1 aliphatic heterocycles. The maximum atomic E-state index is 11.8. The van der Waals surface area contributed by atoms with Crippen molar-refractivity contribution in [3.63, 3.8) is 0 Å². The molecule has 0 unspecified atom stereocenters. The largest absolute Gasteiger partial charge is 0.481 e. The van der Waals surface area contributed by atoms with E-state index in [1.54, 1.807) is 12.3 Å². The normalized spacial score (nSPS) is 19.4. The standard InChI is InChI=1S/C13H19N3O3/c1-2-16-12(17)7-11(8-14-16)15-5-3-4-10(9-15)6-13(18)19/h7-8,10H,2-6,9H2,1H3,(H,18,19)/t10-/m1/s1. The number of carboxylic acids is 1. The van der Waals surface area contributed by atoms with E-state index in [2.05, 4.69) is 10.00 Å². The quantitative estimate of drug-likeness (QED) is 0.877. The predicted molar refractivity (Wildman–Crippen MR) is 71.4 cm³/mol. The Bertz CT molecular complexity index is 512. The Morgan fingerprint density at radius 3 is 3.00 bits per heavy atom. The molecule has 1 aliphatic rings. The Morgan fingerprint density at radius 1 is 1.58 bits per heavy atom. The van der Waals surface area contributed by atoms with Crippen LogP contribution >= 0.6 is 0 Å². The summed E-state index contributed by atoms with van der Waals surface area (Å²) >= 11 is 0. The number of aryl methyl sites for hydroxylation is 1. The number of hydrogen-bond donors (Lipinski definition) is 1. The molecule has 1 aromatic rings. The van der Waals surface area contributed by atoms with Crippen LogP contribution in [0.25, 0.3) is 0 Å². The summed E-state index contributed by atoms with van der Waals surface area (Å²) in [4.78, 5) is 24.6. The van der Waals surface area contributed by atoms with Gasteiger partial charge in [0.1, 0.15) is 0 Å². The van der Waals surface area contributed by atoms with Crippen LogP contribution in [0.5, 0.6) is 0 Å². The van der Waals surface area contributed by atoms with E-state index in [1.807, 2.05) is 6.92 Å². The Kier molecular flexibility index (Phi) is 4.19. The lowest BCUT2D eigenvalue weighted by Gasteiger charge is -2.33. The fraction of sp³-hybridized carbons (Fsp3) is 0.615. The van der Waals surface area contributed by atoms with E-state index in [0.717, 1.165) is 25.1 Å². The van der Waals surface area contributed by atoms with E-state index in [1.165, 1.54) is 4.68 Å². The summed E-state index contributed by atoms with van der Waals surface area (Å²) in [7, 11) is 0. The molecule has 104 valence electrons. The minimum absolute atomic E-state index is 0.111. The number of carboxylic acid groups (broad SMARTS) is 1. The number of anilines is 1. The molecular formula is C13H19N3O3. The molecule has 1 N–H and O–H groups in total. The minimum atomic E-state index is -0.758. The zero-order valence-electron chi connectivity index (χ0n) is 11.1. The van der Waals surface area contributed by atoms with Crippen LogP contribution in [-0.4, -0.2) is 33.9 Å². The Hall–Kier alpha value is -1.85. The molecule has 2 heterocycles. The van der Waals surface area contributed by atoms with Crippen LogP contribution in [0.3, 0.4) is 0 Å². The number of aliphatic carboxylic acids is 1. The molecular weight excluding hydrogens is 246 g/mol. The fourth-order valence-corrected chi connectivity index (χ4v) is 2.55. The third-order valence-electron chi connectivity index (χ3n) is 3.50. The van der Waals surface area contributed by atoms with E-state index in [-0.39, 0.29) is 17.9 Å². The molecule has 6 nitrogen and oxygen atoms in total. The van der Waals surface area contributed by atoms with E-state index < -0.39 is 5.97 Å². The van der Waals surface area contributed by atoms with Gasteiger partial charge in [-0.15, -0.1) is 0 Å². The third-order valence-corrected chi connectivity index (χ3v) is 3.50. The number of piperidine rings is 1. The van der Waals surface area contributed by atoms with Gasteiger partial charge in [-0.2, -0.15) is 5.10 Å². The molecule has 0 aromatic carbocycles. The smallest absolute Gasteiger partial charge is 0.303 e. The van der Waals surface area contributed by atoms with E-state index >= 15 is 0 Å².